The van der Waals surface area contributed by atoms with Crippen molar-refractivity contribution in [1.29, 1.82) is 0 Å². The second-order valence-corrected chi connectivity index (χ2v) is 5.29. The van der Waals surface area contributed by atoms with Crippen LogP contribution in [-0.2, 0) is 0 Å². The van der Waals surface area contributed by atoms with E-state index in [4.69, 9.17) is 0 Å². The summed E-state index contributed by atoms with van der Waals surface area (Å²) in [4.78, 5) is 2.34. The van der Waals surface area contributed by atoms with Crippen LogP contribution in [0.4, 0.5) is 0 Å². The minimum absolute atomic E-state index is 0.133. The third kappa shape index (κ3) is 3.31. The number of hydrogen-bond acceptors (Lipinski definition) is 2. The molecule has 1 aliphatic rings. The van der Waals surface area contributed by atoms with Crippen molar-refractivity contribution in [3.8, 4) is 0 Å². The fourth-order valence-corrected chi connectivity index (χ4v) is 2.87. The predicted molar refractivity (Wildman–Crippen MR) is 74.7 cm³/mol. The maximum atomic E-state index is 9.56. The van der Waals surface area contributed by atoms with Gasteiger partial charge in [0.25, 0.3) is 0 Å². The Hall–Kier alpha value is -0.900. The van der Waals surface area contributed by atoms with Gasteiger partial charge in [0.05, 0.1) is 6.10 Å². The number of aliphatic hydroxyl groups is 1. The van der Waals surface area contributed by atoms with Gasteiger partial charge in [-0.05, 0) is 18.9 Å². The summed E-state index contributed by atoms with van der Waals surface area (Å²) in [6, 6.07) is 10.7. The molecule has 1 N–H and O–H groups in total. The van der Waals surface area contributed by atoms with E-state index in [9.17, 15) is 5.11 Å². The molecule has 1 aliphatic heterocycles. The predicted octanol–water partition coefficient (Wildman–Crippen LogP) is 2.43. The SMILES string of the molecule is C[N-][C@@H](c1ccccc1)[C@@H](C)CN1CC[C@H](O)C1. The average molecular weight is 247 g/mol. The zero-order valence-corrected chi connectivity index (χ0v) is 11.3. The molecule has 0 aromatic heterocycles. The van der Waals surface area contributed by atoms with Gasteiger partial charge in [-0.1, -0.05) is 42.8 Å². The quantitative estimate of drug-likeness (QED) is 0.867. The molecule has 0 unspecified atom stereocenters. The van der Waals surface area contributed by atoms with E-state index in [1.807, 2.05) is 13.1 Å². The summed E-state index contributed by atoms with van der Waals surface area (Å²) >= 11 is 0. The molecule has 0 bridgehead atoms. The van der Waals surface area contributed by atoms with Crippen LogP contribution in [0.15, 0.2) is 30.3 Å². The molecule has 1 aromatic rings. The van der Waals surface area contributed by atoms with Crippen LogP contribution >= 0.6 is 0 Å². The lowest BCUT2D eigenvalue weighted by atomic mass is 9.94. The van der Waals surface area contributed by atoms with Gasteiger partial charge in [0.15, 0.2) is 0 Å². The molecule has 3 atom stereocenters. The Labute approximate surface area is 110 Å². The van der Waals surface area contributed by atoms with Crippen LogP contribution in [0.1, 0.15) is 24.9 Å². The molecule has 2 rings (SSSR count). The van der Waals surface area contributed by atoms with Crippen molar-refractivity contribution in [2.75, 3.05) is 26.7 Å². The Kier molecular flexibility index (Phi) is 4.75. The van der Waals surface area contributed by atoms with Gasteiger partial charge in [-0.25, -0.2) is 0 Å². The van der Waals surface area contributed by atoms with Crippen molar-refractivity contribution < 1.29 is 5.11 Å². The van der Waals surface area contributed by atoms with E-state index >= 15 is 0 Å². The molecule has 18 heavy (non-hydrogen) atoms. The Morgan fingerprint density at radius 3 is 2.67 bits per heavy atom. The minimum Gasteiger partial charge on any atom is -0.658 e. The standard InChI is InChI=1S/C15H23N2O/c1-12(10-17-9-8-14(18)11-17)15(16-2)13-6-4-3-5-7-13/h3-7,12,14-15,18H,8-11H2,1-2H3/q-1/t12-,14-,15+/m0/s1. The number of β-amino-alcohol motifs (C(OH)–C–C–N with tert-alkyl or cyclic N) is 1. The zero-order valence-electron chi connectivity index (χ0n) is 11.3. The van der Waals surface area contributed by atoms with Crippen LogP contribution in [0.25, 0.3) is 5.32 Å². The fraction of sp³-hybridized carbons (Fsp3) is 0.600. The summed E-state index contributed by atoms with van der Waals surface area (Å²) in [7, 11) is 1.90. The summed E-state index contributed by atoms with van der Waals surface area (Å²) in [5, 5.41) is 14.1. The topological polar surface area (TPSA) is 37.6 Å². The van der Waals surface area contributed by atoms with Gasteiger partial charge >= 0.3 is 0 Å². The summed E-state index contributed by atoms with van der Waals surface area (Å²) in [5.41, 5.74) is 1.28. The van der Waals surface area contributed by atoms with Crippen molar-refractivity contribution in [2.24, 2.45) is 5.92 Å². The molecule has 1 saturated heterocycles. The lowest BCUT2D eigenvalue weighted by Gasteiger charge is -2.36. The molecule has 0 aliphatic carbocycles. The Morgan fingerprint density at radius 2 is 2.11 bits per heavy atom. The largest absolute Gasteiger partial charge is 0.658 e. The van der Waals surface area contributed by atoms with E-state index < -0.39 is 0 Å². The zero-order chi connectivity index (χ0) is 13.0. The van der Waals surface area contributed by atoms with Crippen LogP contribution in [0.2, 0.25) is 0 Å². The number of rotatable bonds is 5. The molecule has 3 nitrogen and oxygen atoms in total. The van der Waals surface area contributed by atoms with Gasteiger partial charge < -0.3 is 15.3 Å². The van der Waals surface area contributed by atoms with E-state index in [0.717, 1.165) is 26.1 Å². The summed E-state index contributed by atoms with van der Waals surface area (Å²) in [6.45, 7) is 5.08. The highest BCUT2D eigenvalue weighted by Gasteiger charge is 2.22. The molecule has 1 aromatic carbocycles. The van der Waals surface area contributed by atoms with Gasteiger partial charge in [0, 0.05) is 13.1 Å². The van der Waals surface area contributed by atoms with Crippen molar-refractivity contribution in [3.63, 3.8) is 0 Å². The van der Waals surface area contributed by atoms with E-state index in [-0.39, 0.29) is 12.1 Å². The molecule has 0 spiro atoms. The number of nitrogens with zero attached hydrogens (tertiary/aromatic N) is 2. The van der Waals surface area contributed by atoms with E-state index in [2.05, 4.69) is 41.4 Å². The van der Waals surface area contributed by atoms with Crippen molar-refractivity contribution in [1.82, 2.24) is 4.90 Å². The van der Waals surface area contributed by atoms with Crippen LogP contribution in [0, 0.1) is 5.92 Å². The van der Waals surface area contributed by atoms with E-state index in [0.29, 0.717) is 5.92 Å². The second-order valence-electron chi connectivity index (χ2n) is 5.29. The lowest BCUT2D eigenvalue weighted by Crippen LogP contribution is -2.29. The second kappa shape index (κ2) is 6.32. The normalized spacial score (nSPS) is 24.1. The first-order valence-electron chi connectivity index (χ1n) is 6.75. The molecule has 100 valence electrons. The van der Waals surface area contributed by atoms with Crippen LogP contribution in [-0.4, -0.2) is 42.8 Å². The Bertz CT molecular complexity index is 355. The average Bonchev–Trinajstić information content (AvgIpc) is 2.77. The first-order valence-corrected chi connectivity index (χ1v) is 6.75. The van der Waals surface area contributed by atoms with Crippen LogP contribution in [0.3, 0.4) is 0 Å². The highest BCUT2D eigenvalue weighted by molar-refractivity contribution is 5.23. The minimum atomic E-state index is -0.133. The number of hydrogen-bond donors (Lipinski definition) is 1. The first kappa shape index (κ1) is 13.5. The number of benzene rings is 1. The molecule has 0 saturated carbocycles. The van der Waals surface area contributed by atoms with Crippen molar-refractivity contribution in [2.45, 2.75) is 25.5 Å². The molecule has 0 radical (unpaired) electrons. The fourth-order valence-electron chi connectivity index (χ4n) is 2.87. The molecule has 1 fully saturated rings. The van der Waals surface area contributed by atoms with E-state index in [1.54, 1.807) is 0 Å². The highest BCUT2D eigenvalue weighted by atomic mass is 16.3. The van der Waals surface area contributed by atoms with Crippen LogP contribution < -0.4 is 0 Å². The Morgan fingerprint density at radius 1 is 1.39 bits per heavy atom. The van der Waals surface area contributed by atoms with Gasteiger partial charge in [-0.2, -0.15) is 7.05 Å². The summed E-state index contributed by atoms with van der Waals surface area (Å²) in [5.74, 6) is 0.475. The van der Waals surface area contributed by atoms with Gasteiger partial charge in [-0.15, -0.1) is 6.04 Å². The molecular formula is C15H23N2O-. The van der Waals surface area contributed by atoms with Gasteiger partial charge in [0.1, 0.15) is 0 Å². The van der Waals surface area contributed by atoms with Gasteiger partial charge in [-0.3, -0.25) is 0 Å². The maximum absolute atomic E-state index is 9.56. The Balaban J connectivity index is 1.95. The molecule has 0 amide bonds. The highest BCUT2D eigenvalue weighted by Crippen LogP contribution is 2.29. The third-order valence-electron chi connectivity index (χ3n) is 3.75. The van der Waals surface area contributed by atoms with Crippen molar-refractivity contribution >= 4 is 0 Å². The van der Waals surface area contributed by atoms with E-state index in [1.165, 1.54) is 5.56 Å². The first-order chi connectivity index (χ1) is 8.70. The smallest absolute Gasteiger partial charge is 0.0679 e. The molecule has 3 heteroatoms. The number of likely N-dealkylation sites (tertiary alicyclic amines) is 1. The summed E-state index contributed by atoms with van der Waals surface area (Å²) < 4.78 is 0. The van der Waals surface area contributed by atoms with Crippen LogP contribution in [0.5, 0.6) is 0 Å². The lowest BCUT2D eigenvalue weighted by molar-refractivity contribution is 0.169. The maximum Gasteiger partial charge on any atom is 0.0679 e. The van der Waals surface area contributed by atoms with Crippen molar-refractivity contribution in [3.05, 3.63) is 41.2 Å². The molecule has 1 heterocycles. The number of aliphatic hydroxyl groups excluding tert-OH is 1. The van der Waals surface area contributed by atoms with Gasteiger partial charge in [0.2, 0.25) is 0 Å². The third-order valence-corrected chi connectivity index (χ3v) is 3.75. The molecular weight excluding hydrogens is 224 g/mol. The summed E-state index contributed by atoms with van der Waals surface area (Å²) in [6.07, 6.45) is 0.775. The monoisotopic (exact) mass is 247 g/mol.